The Bertz CT molecular complexity index is 828. The fourth-order valence-corrected chi connectivity index (χ4v) is 2.69. The summed E-state index contributed by atoms with van der Waals surface area (Å²) in [5.41, 5.74) is 2.49. The molecule has 2 rings (SSSR count). The molecule has 0 aliphatic rings. The molecule has 0 spiro atoms. The zero-order chi connectivity index (χ0) is 17.0. The summed E-state index contributed by atoms with van der Waals surface area (Å²) < 4.78 is 28.5. The van der Waals surface area contributed by atoms with E-state index in [1.807, 2.05) is 26.0 Å². The van der Waals surface area contributed by atoms with Gasteiger partial charge in [-0.1, -0.05) is 18.2 Å². The van der Waals surface area contributed by atoms with Crippen molar-refractivity contribution in [2.75, 3.05) is 18.2 Å². The van der Waals surface area contributed by atoms with Crippen molar-refractivity contribution in [1.29, 1.82) is 0 Å². The highest BCUT2D eigenvalue weighted by Crippen LogP contribution is 2.20. The van der Waals surface area contributed by atoms with Crippen LogP contribution in [0.25, 0.3) is 0 Å². The molecule has 0 aromatic heterocycles. The fourth-order valence-electron chi connectivity index (χ4n) is 2.03. The SMILES string of the molecule is Cc1cccc(OCC(=O)Nc2cccc(S(C)(=O)=O)c2)c1C. The van der Waals surface area contributed by atoms with Crippen molar-refractivity contribution in [2.45, 2.75) is 18.7 Å². The molecule has 0 bridgehead atoms. The van der Waals surface area contributed by atoms with E-state index in [0.717, 1.165) is 17.4 Å². The number of carbonyl (C=O) groups excluding carboxylic acids is 1. The minimum absolute atomic E-state index is 0.145. The molecule has 0 radical (unpaired) electrons. The summed E-state index contributed by atoms with van der Waals surface area (Å²) in [7, 11) is -3.31. The highest BCUT2D eigenvalue weighted by atomic mass is 32.2. The smallest absolute Gasteiger partial charge is 0.262 e. The predicted octanol–water partition coefficient (Wildman–Crippen LogP) is 2.72. The first-order valence-corrected chi connectivity index (χ1v) is 8.95. The van der Waals surface area contributed by atoms with Crippen LogP contribution in [-0.2, 0) is 14.6 Å². The molecule has 0 aliphatic carbocycles. The van der Waals surface area contributed by atoms with E-state index in [4.69, 9.17) is 4.74 Å². The molecule has 0 saturated carbocycles. The maximum Gasteiger partial charge on any atom is 0.262 e. The van der Waals surface area contributed by atoms with Crippen molar-refractivity contribution in [1.82, 2.24) is 0 Å². The van der Waals surface area contributed by atoms with E-state index in [0.29, 0.717) is 11.4 Å². The quantitative estimate of drug-likeness (QED) is 0.913. The minimum atomic E-state index is -3.31. The Morgan fingerprint density at radius 1 is 1.13 bits per heavy atom. The number of anilines is 1. The van der Waals surface area contributed by atoms with Gasteiger partial charge in [-0.3, -0.25) is 4.79 Å². The summed E-state index contributed by atoms with van der Waals surface area (Å²) in [4.78, 5) is 12.1. The molecule has 0 unspecified atom stereocenters. The van der Waals surface area contributed by atoms with Crippen LogP contribution in [0, 0.1) is 13.8 Å². The molecular formula is C17H19NO4S. The van der Waals surface area contributed by atoms with Crippen LogP contribution in [0.5, 0.6) is 5.75 Å². The van der Waals surface area contributed by atoms with Crippen molar-refractivity contribution in [3.8, 4) is 5.75 Å². The van der Waals surface area contributed by atoms with E-state index < -0.39 is 9.84 Å². The Labute approximate surface area is 136 Å². The predicted molar refractivity (Wildman–Crippen MR) is 89.6 cm³/mol. The van der Waals surface area contributed by atoms with Gasteiger partial charge in [0.15, 0.2) is 16.4 Å². The van der Waals surface area contributed by atoms with Crippen molar-refractivity contribution < 1.29 is 17.9 Å². The van der Waals surface area contributed by atoms with Crippen molar-refractivity contribution in [2.24, 2.45) is 0 Å². The number of ether oxygens (including phenoxy) is 1. The number of hydrogen-bond donors (Lipinski definition) is 1. The number of sulfone groups is 1. The van der Waals surface area contributed by atoms with Crippen LogP contribution in [0.4, 0.5) is 5.69 Å². The third-order valence-electron chi connectivity index (χ3n) is 3.46. The summed E-state index contributed by atoms with van der Waals surface area (Å²) in [6.07, 6.45) is 1.12. The standard InChI is InChI=1S/C17H19NO4S/c1-12-6-4-9-16(13(12)2)22-11-17(19)18-14-7-5-8-15(10-14)23(3,20)21/h4-10H,11H2,1-3H3,(H,18,19). The second kappa shape index (κ2) is 6.83. The van der Waals surface area contributed by atoms with Crippen LogP contribution in [0.2, 0.25) is 0 Å². The third-order valence-corrected chi connectivity index (χ3v) is 4.57. The highest BCUT2D eigenvalue weighted by Gasteiger charge is 2.10. The maximum atomic E-state index is 12.0. The molecule has 0 atom stereocenters. The fraction of sp³-hybridized carbons (Fsp3) is 0.235. The molecule has 122 valence electrons. The number of carbonyl (C=O) groups is 1. The second-order valence-corrected chi connectivity index (χ2v) is 7.35. The Balaban J connectivity index is 2.02. The average Bonchev–Trinajstić information content (AvgIpc) is 2.48. The lowest BCUT2D eigenvalue weighted by Gasteiger charge is -2.11. The van der Waals surface area contributed by atoms with Gasteiger partial charge in [0.25, 0.3) is 5.91 Å². The van der Waals surface area contributed by atoms with Gasteiger partial charge in [-0.25, -0.2) is 8.42 Å². The molecule has 0 fully saturated rings. The summed E-state index contributed by atoms with van der Waals surface area (Å²) in [6, 6.07) is 11.8. The molecule has 23 heavy (non-hydrogen) atoms. The minimum Gasteiger partial charge on any atom is -0.483 e. The van der Waals surface area contributed by atoms with Gasteiger partial charge in [0.05, 0.1) is 4.90 Å². The first kappa shape index (κ1) is 17.0. The normalized spacial score (nSPS) is 11.1. The molecule has 5 nitrogen and oxygen atoms in total. The van der Waals surface area contributed by atoms with E-state index in [2.05, 4.69) is 5.32 Å². The Morgan fingerprint density at radius 2 is 1.83 bits per heavy atom. The van der Waals surface area contributed by atoms with E-state index >= 15 is 0 Å². The summed E-state index contributed by atoms with van der Waals surface area (Å²) >= 11 is 0. The Kier molecular flexibility index (Phi) is 5.05. The monoisotopic (exact) mass is 333 g/mol. The Morgan fingerprint density at radius 3 is 2.52 bits per heavy atom. The van der Waals surface area contributed by atoms with Gasteiger partial charge in [0, 0.05) is 11.9 Å². The number of rotatable bonds is 5. The van der Waals surface area contributed by atoms with Gasteiger partial charge in [0.1, 0.15) is 5.75 Å². The van der Waals surface area contributed by atoms with E-state index in [-0.39, 0.29) is 17.4 Å². The molecule has 1 N–H and O–H groups in total. The zero-order valence-electron chi connectivity index (χ0n) is 13.3. The average molecular weight is 333 g/mol. The highest BCUT2D eigenvalue weighted by molar-refractivity contribution is 7.90. The summed E-state index contributed by atoms with van der Waals surface area (Å²) in [5.74, 6) is 0.307. The van der Waals surface area contributed by atoms with Crippen LogP contribution in [0.1, 0.15) is 11.1 Å². The van der Waals surface area contributed by atoms with Crippen LogP contribution in [-0.4, -0.2) is 27.2 Å². The third kappa shape index (κ3) is 4.56. The lowest BCUT2D eigenvalue weighted by atomic mass is 10.1. The number of nitrogens with one attached hydrogen (secondary N) is 1. The Hall–Kier alpha value is -2.34. The van der Waals surface area contributed by atoms with E-state index in [1.165, 1.54) is 12.1 Å². The van der Waals surface area contributed by atoms with Crippen molar-refractivity contribution in [3.05, 3.63) is 53.6 Å². The molecule has 1 amide bonds. The molecule has 0 heterocycles. The number of aryl methyl sites for hydroxylation is 1. The molecule has 2 aromatic rings. The van der Waals surface area contributed by atoms with Crippen LogP contribution in [0.15, 0.2) is 47.4 Å². The topological polar surface area (TPSA) is 72.5 Å². The molecule has 2 aromatic carbocycles. The molecule has 0 saturated heterocycles. The maximum absolute atomic E-state index is 12.0. The first-order chi connectivity index (χ1) is 10.8. The summed E-state index contributed by atoms with van der Waals surface area (Å²) in [6.45, 7) is 3.75. The van der Waals surface area contributed by atoms with E-state index in [9.17, 15) is 13.2 Å². The van der Waals surface area contributed by atoms with Gasteiger partial charge >= 0.3 is 0 Å². The zero-order valence-corrected chi connectivity index (χ0v) is 14.1. The lowest BCUT2D eigenvalue weighted by Crippen LogP contribution is -2.20. The van der Waals surface area contributed by atoms with Gasteiger partial charge in [-0.05, 0) is 49.2 Å². The first-order valence-electron chi connectivity index (χ1n) is 7.06. The molecule has 0 aliphatic heterocycles. The van der Waals surface area contributed by atoms with Crippen LogP contribution in [0.3, 0.4) is 0 Å². The van der Waals surface area contributed by atoms with E-state index in [1.54, 1.807) is 18.2 Å². The second-order valence-electron chi connectivity index (χ2n) is 5.33. The van der Waals surface area contributed by atoms with Crippen LogP contribution >= 0.6 is 0 Å². The lowest BCUT2D eigenvalue weighted by molar-refractivity contribution is -0.118. The van der Waals surface area contributed by atoms with Crippen molar-refractivity contribution in [3.63, 3.8) is 0 Å². The van der Waals surface area contributed by atoms with Gasteiger partial charge in [-0.15, -0.1) is 0 Å². The summed E-state index contributed by atoms with van der Waals surface area (Å²) in [5, 5.41) is 2.63. The number of hydrogen-bond acceptors (Lipinski definition) is 4. The van der Waals surface area contributed by atoms with Crippen LogP contribution < -0.4 is 10.1 Å². The molecular weight excluding hydrogens is 314 g/mol. The number of benzene rings is 2. The van der Waals surface area contributed by atoms with Gasteiger partial charge in [-0.2, -0.15) is 0 Å². The van der Waals surface area contributed by atoms with Gasteiger partial charge in [0.2, 0.25) is 0 Å². The number of amides is 1. The molecule has 6 heteroatoms. The largest absolute Gasteiger partial charge is 0.483 e. The van der Waals surface area contributed by atoms with Gasteiger partial charge < -0.3 is 10.1 Å². The van der Waals surface area contributed by atoms with Crippen molar-refractivity contribution >= 4 is 21.4 Å².